The molecule has 0 aromatic heterocycles. The summed E-state index contributed by atoms with van der Waals surface area (Å²) >= 11 is 0. The molecule has 2 N–H and O–H groups in total. The van der Waals surface area contributed by atoms with Crippen LogP contribution in [-0.2, 0) is 4.79 Å². The van der Waals surface area contributed by atoms with E-state index < -0.39 is 11.9 Å². The lowest BCUT2D eigenvalue weighted by atomic mass is 10.0. The summed E-state index contributed by atoms with van der Waals surface area (Å²) in [5.41, 5.74) is 4.93. The Morgan fingerprint density at radius 3 is 2.43 bits per heavy atom. The van der Waals surface area contributed by atoms with Crippen molar-refractivity contribution in [3.05, 3.63) is 107 Å². The Bertz CT molecular complexity index is 1470. The van der Waals surface area contributed by atoms with Crippen molar-refractivity contribution in [1.82, 2.24) is 10.7 Å². The molecule has 0 aliphatic heterocycles. The number of ether oxygens (including phenoxy) is 2. The zero-order chi connectivity index (χ0) is 26.2. The molecule has 0 aliphatic carbocycles. The van der Waals surface area contributed by atoms with Crippen molar-refractivity contribution < 1.29 is 23.9 Å². The van der Waals surface area contributed by atoms with Crippen LogP contribution >= 0.6 is 0 Å². The van der Waals surface area contributed by atoms with Gasteiger partial charge in [-0.15, -0.1) is 0 Å². The van der Waals surface area contributed by atoms with Crippen molar-refractivity contribution in [3.63, 3.8) is 0 Å². The Morgan fingerprint density at radius 2 is 1.65 bits per heavy atom. The van der Waals surface area contributed by atoms with E-state index in [0.29, 0.717) is 22.4 Å². The van der Waals surface area contributed by atoms with E-state index in [0.717, 1.165) is 16.3 Å². The lowest BCUT2D eigenvalue weighted by molar-refractivity contribution is -0.120. The molecule has 0 fully saturated rings. The van der Waals surface area contributed by atoms with Crippen molar-refractivity contribution in [1.29, 1.82) is 0 Å². The van der Waals surface area contributed by atoms with Gasteiger partial charge < -0.3 is 14.8 Å². The molecule has 37 heavy (non-hydrogen) atoms. The maximum Gasteiger partial charge on any atom is 0.343 e. The van der Waals surface area contributed by atoms with Gasteiger partial charge in [0.25, 0.3) is 11.8 Å². The number of rotatable bonds is 8. The molecule has 0 unspecified atom stereocenters. The molecule has 0 atom stereocenters. The van der Waals surface area contributed by atoms with Crippen LogP contribution in [0.25, 0.3) is 10.8 Å². The zero-order valence-corrected chi connectivity index (χ0v) is 20.4. The third-order valence-electron chi connectivity index (χ3n) is 5.52. The maximum atomic E-state index is 12.6. The molecule has 4 rings (SSSR count). The zero-order valence-electron chi connectivity index (χ0n) is 20.4. The molecule has 0 bridgehead atoms. The molecule has 2 amide bonds. The fourth-order valence-electron chi connectivity index (χ4n) is 3.59. The van der Waals surface area contributed by atoms with Crippen LogP contribution in [0.3, 0.4) is 0 Å². The second-order valence-electron chi connectivity index (χ2n) is 8.17. The molecular formula is C29H25N3O5. The van der Waals surface area contributed by atoms with Gasteiger partial charge in [-0.1, -0.05) is 54.1 Å². The van der Waals surface area contributed by atoms with E-state index in [1.807, 2.05) is 49.4 Å². The molecule has 8 nitrogen and oxygen atoms in total. The molecule has 186 valence electrons. The smallest absolute Gasteiger partial charge is 0.343 e. The summed E-state index contributed by atoms with van der Waals surface area (Å²) in [5.74, 6) is -0.752. The highest BCUT2D eigenvalue weighted by molar-refractivity contribution is 6.07. The Kier molecular flexibility index (Phi) is 7.90. The predicted molar refractivity (Wildman–Crippen MR) is 141 cm³/mol. The highest BCUT2D eigenvalue weighted by Gasteiger charge is 2.13. The fraction of sp³-hybridized carbons (Fsp3) is 0.103. The summed E-state index contributed by atoms with van der Waals surface area (Å²) in [7, 11) is 1.46. The van der Waals surface area contributed by atoms with Crippen LogP contribution in [0.4, 0.5) is 0 Å². The van der Waals surface area contributed by atoms with Gasteiger partial charge in [-0.25, -0.2) is 10.2 Å². The van der Waals surface area contributed by atoms with Crippen molar-refractivity contribution in [2.45, 2.75) is 6.92 Å². The number of aryl methyl sites for hydroxylation is 1. The number of hydrogen-bond donors (Lipinski definition) is 2. The van der Waals surface area contributed by atoms with Gasteiger partial charge in [-0.2, -0.15) is 5.10 Å². The third-order valence-corrected chi connectivity index (χ3v) is 5.52. The molecule has 4 aromatic rings. The SMILES string of the molecule is COc1cc(/C=N\NC(=O)CNC(=O)c2cccc3ccccc23)ccc1OC(=O)c1ccc(C)cc1. The molecule has 0 spiro atoms. The third kappa shape index (κ3) is 6.37. The molecule has 4 aromatic carbocycles. The van der Waals surface area contributed by atoms with Crippen LogP contribution in [0, 0.1) is 6.92 Å². The van der Waals surface area contributed by atoms with E-state index in [9.17, 15) is 14.4 Å². The molecule has 0 heterocycles. The summed E-state index contributed by atoms with van der Waals surface area (Å²) < 4.78 is 10.8. The summed E-state index contributed by atoms with van der Waals surface area (Å²) in [6.07, 6.45) is 1.42. The minimum atomic E-state index is -0.502. The Hall–Kier alpha value is -4.98. The summed E-state index contributed by atoms with van der Waals surface area (Å²) in [6.45, 7) is 1.69. The number of hydrazone groups is 1. The second-order valence-corrected chi connectivity index (χ2v) is 8.17. The van der Waals surface area contributed by atoms with E-state index in [-0.39, 0.29) is 18.2 Å². The van der Waals surface area contributed by atoms with Crippen molar-refractivity contribution in [2.75, 3.05) is 13.7 Å². The Labute approximate surface area is 213 Å². The highest BCUT2D eigenvalue weighted by atomic mass is 16.6. The van der Waals surface area contributed by atoms with Crippen molar-refractivity contribution in [3.8, 4) is 11.5 Å². The Balaban J connectivity index is 1.32. The first-order valence-corrected chi connectivity index (χ1v) is 11.5. The average molecular weight is 496 g/mol. The first-order valence-electron chi connectivity index (χ1n) is 11.5. The van der Waals surface area contributed by atoms with E-state index >= 15 is 0 Å². The second kappa shape index (κ2) is 11.6. The Morgan fingerprint density at radius 1 is 0.892 bits per heavy atom. The number of esters is 1. The predicted octanol–water partition coefficient (Wildman–Crippen LogP) is 4.26. The lowest BCUT2D eigenvalue weighted by Gasteiger charge is -2.10. The lowest BCUT2D eigenvalue weighted by Crippen LogP contribution is -2.35. The van der Waals surface area contributed by atoms with Gasteiger partial charge >= 0.3 is 5.97 Å². The van der Waals surface area contributed by atoms with Crippen molar-refractivity contribution in [2.24, 2.45) is 5.10 Å². The summed E-state index contributed by atoms with van der Waals surface area (Å²) in [4.78, 5) is 37.1. The number of fused-ring (bicyclic) bond motifs is 1. The first-order chi connectivity index (χ1) is 17.9. The average Bonchev–Trinajstić information content (AvgIpc) is 2.92. The van der Waals surface area contributed by atoms with Gasteiger partial charge in [0.05, 0.1) is 25.4 Å². The topological polar surface area (TPSA) is 106 Å². The summed E-state index contributed by atoms with van der Waals surface area (Å²) in [5, 5.41) is 8.28. The van der Waals surface area contributed by atoms with Crippen LogP contribution in [-0.4, -0.2) is 37.7 Å². The quantitative estimate of drug-likeness (QED) is 0.164. The number of benzene rings is 4. The van der Waals surface area contributed by atoms with Crippen LogP contribution in [0.1, 0.15) is 31.8 Å². The molecule has 0 saturated carbocycles. The van der Waals surface area contributed by atoms with Gasteiger partial charge in [0.1, 0.15) is 0 Å². The summed E-state index contributed by atoms with van der Waals surface area (Å²) in [6, 6.07) is 24.9. The molecule has 0 radical (unpaired) electrons. The first kappa shape index (κ1) is 25.1. The number of methoxy groups -OCH3 is 1. The number of carbonyl (C=O) groups is 3. The molecule has 0 aliphatic rings. The van der Waals surface area contributed by atoms with E-state index in [1.165, 1.54) is 13.3 Å². The van der Waals surface area contributed by atoms with Crippen LogP contribution in [0.15, 0.2) is 90.0 Å². The van der Waals surface area contributed by atoms with Crippen LogP contribution in [0.2, 0.25) is 0 Å². The number of nitrogens with one attached hydrogen (secondary N) is 2. The number of nitrogens with zero attached hydrogens (tertiary/aromatic N) is 1. The number of hydrogen-bond acceptors (Lipinski definition) is 6. The van der Waals surface area contributed by atoms with Gasteiger partial charge in [-0.3, -0.25) is 9.59 Å². The molecule has 8 heteroatoms. The standard InChI is InChI=1S/C29H25N3O5/c1-19-10-13-22(14-11-19)29(35)37-25-15-12-20(16-26(25)36-2)17-31-32-27(33)18-30-28(34)24-9-5-7-21-6-3-4-8-23(21)24/h3-17H,18H2,1-2H3,(H,30,34)(H,32,33)/b31-17-. The van der Waals surface area contributed by atoms with E-state index in [4.69, 9.17) is 9.47 Å². The molecule has 0 saturated heterocycles. The van der Waals surface area contributed by atoms with Gasteiger partial charge in [0, 0.05) is 5.56 Å². The minimum Gasteiger partial charge on any atom is -0.493 e. The number of amides is 2. The van der Waals surface area contributed by atoms with Crippen LogP contribution in [0.5, 0.6) is 11.5 Å². The van der Waals surface area contributed by atoms with E-state index in [2.05, 4.69) is 15.8 Å². The van der Waals surface area contributed by atoms with Gasteiger partial charge in [0.2, 0.25) is 0 Å². The monoisotopic (exact) mass is 495 g/mol. The van der Waals surface area contributed by atoms with Gasteiger partial charge in [-0.05, 0) is 59.7 Å². The molecular weight excluding hydrogens is 470 g/mol. The van der Waals surface area contributed by atoms with E-state index in [1.54, 1.807) is 42.5 Å². The van der Waals surface area contributed by atoms with Crippen molar-refractivity contribution >= 4 is 34.8 Å². The van der Waals surface area contributed by atoms with Crippen LogP contribution < -0.4 is 20.2 Å². The van der Waals surface area contributed by atoms with Gasteiger partial charge in [0.15, 0.2) is 11.5 Å². The highest BCUT2D eigenvalue weighted by Crippen LogP contribution is 2.28. The number of carbonyl (C=O) groups excluding carboxylic acids is 3. The maximum absolute atomic E-state index is 12.6. The fourth-order valence-corrected chi connectivity index (χ4v) is 3.59. The minimum absolute atomic E-state index is 0.239. The normalized spacial score (nSPS) is 10.8. The largest absolute Gasteiger partial charge is 0.493 e.